The monoisotopic (exact) mass is 414 g/mol. The highest BCUT2D eigenvalue weighted by Gasteiger charge is 2.29. The average Bonchev–Trinajstić information content (AvgIpc) is 2.73. The van der Waals surface area contributed by atoms with Crippen molar-refractivity contribution < 1.29 is 13.2 Å². The van der Waals surface area contributed by atoms with E-state index in [2.05, 4.69) is 19.2 Å². The molecular weight excluding hydrogens is 384 g/mol. The first-order valence-corrected chi connectivity index (χ1v) is 11.9. The fourth-order valence-electron chi connectivity index (χ4n) is 3.94. The molecule has 0 saturated heterocycles. The second-order valence-electron chi connectivity index (χ2n) is 7.60. The van der Waals surface area contributed by atoms with Crippen LogP contribution >= 0.6 is 0 Å². The topological polar surface area (TPSA) is 66.5 Å². The number of hydrogen-bond acceptors (Lipinski definition) is 3. The Morgan fingerprint density at radius 3 is 2.41 bits per heavy atom. The first kappa shape index (κ1) is 21.4. The van der Waals surface area contributed by atoms with Crippen LogP contribution in [0.2, 0.25) is 0 Å². The van der Waals surface area contributed by atoms with Crippen LogP contribution in [0, 0.1) is 5.92 Å². The number of benzene rings is 2. The number of carbonyl (C=O) groups excluding carboxylic acids is 1. The number of amides is 1. The summed E-state index contributed by atoms with van der Waals surface area (Å²) in [5.74, 6) is 0.00659. The molecule has 0 aromatic heterocycles. The molecule has 5 nitrogen and oxygen atoms in total. The highest BCUT2D eigenvalue weighted by atomic mass is 32.2. The van der Waals surface area contributed by atoms with Crippen molar-refractivity contribution in [3.8, 4) is 0 Å². The second-order valence-corrected chi connectivity index (χ2v) is 9.46. The van der Waals surface area contributed by atoms with Crippen molar-refractivity contribution in [2.45, 2.75) is 57.3 Å². The van der Waals surface area contributed by atoms with Gasteiger partial charge < -0.3 is 5.32 Å². The SMILES string of the molecule is CCCC(CCC)C(=O)Nc1ccc2c(c1)N(S(=O)(=O)c1ccccc1)CCC2. The van der Waals surface area contributed by atoms with Gasteiger partial charge in [0, 0.05) is 18.2 Å². The summed E-state index contributed by atoms with van der Waals surface area (Å²) < 4.78 is 27.9. The lowest BCUT2D eigenvalue weighted by molar-refractivity contribution is -0.120. The van der Waals surface area contributed by atoms with Gasteiger partial charge >= 0.3 is 0 Å². The van der Waals surface area contributed by atoms with Crippen LogP contribution in [0.15, 0.2) is 53.4 Å². The quantitative estimate of drug-likeness (QED) is 0.662. The molecular formula is C23H30N2O3S. The Labute approximate surface area is 174 Å². The number of hydrogen-bond donors (Lipinski definition) is 1. The normalized spacial score (nSPS) is 14.0. The number of rotatable bonds is 8. The van der Waals surface area contributed by atoms with Crippen molar-refractivity contribution in [2.24, 2.45) is 5.92 Å². The minimum atomic E-state index is -3.63. The fraction of sp³-hybridized carbons (Fsp3) is 0.435. The van der Waals surface area contributed by atoms with Crippen LogP contribution in [-0.2, 0) is 21.2 Å². The Morgan fingerprint density at radius 1 is 1.07 bits per heavy atom. The number of sulfonamides is 1. The Bertz CT molecular complexity index is 936. The van der Waals surface area contributed by atoms with Gasteiger partial charge in [0.25, 0.3) is 10.0 Å². The molecule has 0 radical (unpaired) electrons. The standard InChI is InChI=1S/C23H30N2O3S/c1-3-9-19(10-4-2)23(26)24-20-15-14-18-11-8-16-25(22(18)17-20)29(27,28)21-12-6-5-7-13-21/h5-7,12-15,17,19H,3-4,8-11,16H2,1-2H3,(H,24,26). The van der Waals surface area contributed by atoms with Gasteiger partial charge in [-0.1, -0.05) is 51.0 Å². The second kappa shape index (κ2) is 9.44. The minimum absolute atomic E-state index is 0.00909. The van der Waals surface area contributed by atoms with Crippen LogP contribution < -0.4 is 9.62 Å². The van der Waals surface area contributed by atoms with Gasteiger partial charge in [-0.2, -0.15) is 0 Å². The predicted octanol–water partition coefficient (Wildman–Crippen LogP) is 4.98. The predicted molar refractivity (Wildman–Crippen MR) is 118 cm³/mol. The van der Waals surface area contributed by atoms with Gasteiger partial charge in [-0.25, -0.2) is 8.42 Å². The highest BCUT2D eigenvalue weighted by Crippen LogP contribution is 2.34. The van der Waals surface area contributed by atoms with Gasteiger partial charge in [-0.15, -0.1) is 0 Å². The zero-order valence-electron chi connectivity index (χ0n) is 17.2. The lowest BCUT2D eigenvalue weighted by Crippen LogP contribution is -2.35. The minimum Gasteiger partial charge on any atom is -0.326 e. The summed E-state index contributed by atoms with van der Waals surface area (Å²) in [5.41, 5.74) is 2.31. The Morgan fingerprint density at radius 2 is 1.76 bits per heavy atom. The molecule has 0 bridgehead atoms. The summed E-state index contributed by atoms with van der Waals surface area (Å²) in [4.78, 5) is 13.0. The smallest absolute Gasteiger partial charge is 0.264 e. The van der Waals surface area contributed by atoms with Crippen LogP contribution in [-0.4, -0.2) is 20.9 Å². The van der Waals surface area contributed by atoms with Crippen molar-refractivity contribution in [1.82, 2.24) is 0 Å². The fourth-order valence-corrected chi connectivity index (χ4v) is 5.49. The van der Waals surface area contributed by atoms with E-state index in [9.17, 15) is 13.2 Å². The molecule has 3 rings (SSSR count). The molecule has 6 heteroatoms. The van der Waals surface area contributed by atoms with E-state index in [1.54, 1.807) is 30.3 Å². The molecule has 0 spiro atoms. The average molecular weight is 415 g/mol. The highest BCUT2D eigenvalue weighted by molar-refractivity contribution is 7.92. The number of anilines is 2. The van der Waals surface area contributed by atoms with Gasteiger partial charge in [0.15, 0.2) is 0 Å². The number of nitrogens with zero attached hydrogens (tertiary/aromatic N) is 1. The van der Waals surface area contributed by atoms with E-state index >= 15 is 0 Å². The number of aryl methyl sites for hydroxylation is 1. The molecule has 0 saturated carbocycles. The van der Waals surface area contributed by atoms with E-state index in [0.29, 0.717) is 17.9 Å². The van der Waals surface area contributed by atoms with Gasteiger partial charge in [0.05, 0.1) is 10.6 Å². The van der Waals surface area contributed by atoms with Crippen LogP contribution in [0.1, 0.15) is 51.5 Å². The molecule has 0 unspecified atom stereocenters. The summed E-state index contributed by atoms with van der Waals surface area (Å²) in [6.07, 6.45) is 5.26. The molecule has 156 valence electrons. The molecule has 29 heavy (non-hydrogen) atoms. The lowest BCUT2D eigenvalue weighted by atomic mass is 9.97. The van der Waals surface area contributed by atoms with E-state index < -0.39 is 10.0 Å². The van der Waals surface area contributed by atoms with Crippen molar-refractivity contribution in [3.05, 3.63) is 54.1 Å². The number of nitrogens with one attached hydrogen (secondary N) is 1. The van der Waals surface area contributed by atoms with Crippen LogP contribution in [0.3, 0.4) is 0 Å². The molecule has 0 fully saturated rings. The molecule has 0 atom stereocenters. The van der Waals surface area contributed by atoms with Crippen molar-refractivity contribution >= 4 is 27.3 Å². The summed E-state index contributed by atoms with van der Waals surface area (Å²) in [6.45, 7) is 4.61. The lowest BCUT2D eigenvalue weighted by Gasteiger charge is -2.31. The number of fused-ring (bicyclic) bond motifs is 1. The van der Waals surface area contributed by atoms with Crippen molar-refractivity contribution in [1.29, 1.82) is 0 Å². The van der Waals surface area contributed by atoms with Crippen molar-refractivity contribution in [2.75, 3.05) is 16.2 Å². The summed E-state index contributed by atoms with van der Waals surface area (Å²) in [6, 6.07) is 14.1. The molecule has 1 N–H and O–H groups in total. The maximum Gasteiger partial charge on any atom is 0.264 e. The van der Waals surface area contributed by atoms with Gasteiger partial charge in [-0.05, 0) is 55.5 Å². The van der Waals surface area contributed by atoms with Crippen molar-refractivity contribution in [3.63, 3.8) is 0 Å². The Balaban J connectivity index is 1.89. The maximum absolute atomic E-state index is 13.2. The summed E-state index contributed by atoms with van der Waals surface area (Å²) in [7, 11) is -3.63. The third kappa shape index (κ3) is 4.81. The summed E-state index contributed by atoms with van der Waals surface area (Å²) >= 11 is 0. The number of carbonyl (C=O) groups is 1. The molecule has 2 aromatic carbocycles. The molecule has 2 aromatic rings. The third-order valence-corrected chi connectivity index (χ3v) is 7.23. The van der Waals surface area contributed by atoms with Gasteiger partial charge in [0.2, 0.25) is 5.91 Å². The Kier molecular flexibility index (Phi) is 6.96. The van der Waals surface area contributed by atoms with Gasteiger partial charge in [0.1, 0.15) is 0 Å². The van der Waals surface area contributed by atoms with Crippen LogP contribution in [0.5, 0.6) is 0 Å². The van der Waals surface area contributed by atoms with E-state index in [1.807, 2.05) is 18.2 Å². The largest absolute Gasteiger partial charge is 0.326 e. The Hall–Kier alpha value is -2.34. The molecule has 1 heterocycles. The van der Waals surface area contributed by atoms with E-state index in [0.717, 1.165) is 44.1 Å². The van der Waals surface area contributed by atoms with Crippen LogP contribution in [0.25, 0.3) is 0 Å². The van der Waals surface area contributed by atoms with Crippen LogP contribution in [0.4, 0.5) is 11.4 Å². The first-order valence-electron chi connectivity index (χ1n) is 10.5. The molecule has 1 aliphatic rings. The van der Waals surface area contributed by atoms with E-state index in [4.69, 9.17) is 0 Å². The molecule has 1 aliphatic heterocycles. The van der Waals surface area contributed by atoms with E-state index in [-0.39, 0.29) is 16.7 Å². The molecule has 1 amide bonds. The summed E-state index contributed by atoms with van der Waals surface area (Å²) in [5, 5.41) is 3.01. The maximum atomic E-state index is 13.2. The zero-order chi connectivity index (χ0) is 20.9. The zero-order valence-corrected chi connectivity index (χ0v) is 18.0. The van der Waals surface area contributed by atoms with E-state index in [1.165, 1.54) is 4.31 Å². The molecule has 0 aliphatic carbocycles. The van der Waals surface area contributed by atoms with Gasteiger partial charge in [-0.3, -0.25) is 9.10 Å². The first-order chi connectivity index (χ1) is 14.0. The third-order valence-electron chi connectivity index (χ3n) is 5.41.